The van der Waals surface area contributed by atoms with E-state index in [1.165, 1.54) is 11.5 Å². The van der Waals surface area contributed by atoms with E-state index in [1.54, 1.807) is 18.6 Å². The number of aromatic nitrogens is 4. The highest BCUT2D eigenvalue weighted by Crippen LogP contribution is 2.37. The molecule has 1 N–H and O–H groups in total. The van der Waals surface area contributed by atoms with Crippen molar-refractivity contribution in [1.29, 1.82) is 0 Å². The van der Waals surface area contributed by atoms with E-state index in [4.69, 9.17) is 4.74 Å². The molecular formula is C15H20N6OS. The topological polar surface area (TPSA) is 76.1 Å². The van der Waals surface area contributed by atoms with Crippen LogP contribution in [0.3, 0.4) is 0 Å². The van der Waals surface area contributed by atoms with E-state index in [1.807, 2.05) is 5.38 Å². The number of nitrogens with one attached hydrogen (secondary N) is 1. The Kier molecular flexibility index (Phi) is 4.19. The summed E-state index contributed by atoms with van der Waals surface area (Å²) >= 11 is 1.42. The second-order valence-corrected chi connectivity index (χ2v) is 6.91. The third kappa shape index (κ3) is 3.49. The summed E-state index contributed by atoms with van der Waals surface area (Å²) in [5, 5.41) is 9.59. The van der Waals surface area contributed by atoms with Crippen LogP contribution < -0.4 is 5.32 Å². The molecule has 4 rings (SSSR count). The lowest BCUT2D eigenvalue weighted by atomic mass is 9.87. The van der Waals surface area contributed by atoms with Crippen LogP contribution in [0.1, 0.15) is 25.0 Å². The molecule has 1 atom stereocenters. The van der Waals surface area contributed by atoms with E-state index in [9.17, 15) is 0 Å². The molecule has 1 spiro atoms. The third-order valence-electron chi connectivity index (χ3n) is 4.68. The Hall–Kier alpha value is -1.64. The summed E-state index contributed by atoms with van der Waals surface area (Å²) in [6, 6.07) is 0.320. The first kappa shape index (κ1) is 14.9. The zero-order chi connectivity index (χ0) is 15.5. The first-order valence-electron chi connectivity index (χ1n) is 7.96. The predicted octanol–water partition coefficient (Wildman–Crippen LogP) is 1.56. The first-order valence-corrected chi connectivity index (χ1v) is 8.80. The van der Waals surface area contributed by atoms with Crippen LogP contribution in [-0.2, 0) is 11.3 Å². The molecule has 4 heterocycles. The van der Waals surface area contributed by atoms with Gasteiger partial charge in [-0.1, -0.05) is 4.49 Å². The number of hydrogen-bond acceptors (Lipinski definition) is 8. The van der Waals surface area contributed by atoms with E-state index in [-0.39, 0.29) is 5.60 Å². The van der Waals surface area contributed by atoms with Gasteiger partial charge >= 0.3 is 0 Å². The molecule has 2 fully saturated rings. The number of nitrogens with zero attached hydrogens (tertiary/aromatic N) is 5. The highest BCUT2D eigenvalue weighted by atomic mass is 32.1. The van der Waals surface area contributed by atoms with Crippen LogP contribution in [0.15, 0.2) is 24.0 Å². The van der Waals surface area contributed by atoms with Crippen molar-refractivity contribution in [2.24, 2.45) is 0 Å². The third-order valence-corrected chi connectivity index (χ3v) is 5.24. The van der Waals surface area contributed by atoms with E-state index in [2.05, 4.69) is 29.8 Å². The van der Waals surface area contributed by atoms with Crippen LogP contribution in [0.25, 0.3) is 0 Å². The van der Waals surface area contributed by atoms with Crippen LogP contribution in [-0.4, -0.2) is 55.8 Å². The van der Waals surface area contributed by atoms with Gasteiger partial charge in [-0.3, -0.25) is 9.88 Å². The standard InChI is InChI=1S/C15H20N6OS/c1-5-21(9-13-11-23-20-19-13)6-2-15(1)7-12(10-22-15)18-14-8-16-3-4-17-14/h3-4,8,11-12H,1-2,5-7,9-10H2,(H,17,18)/t12-/m1/s1. The summed E-state index contributed by atoms with van der Waals surface area (Å²) in [6.07, 6.45) is 8.34. The van der Waals surface area contributed by atoms with Gasteiger partial charge in [0.15, 0.2) is 0 Å². The minimum Gasteiger partial charge on any atom is -0.373 e. The van der Waals surface area contributed by atoms with Crippen molar-refractivity contribution in [1.82, 2.24) is 24.5 Å². The monoisotopic (exact) mass is 332 g/mol. The quantitative estimate of drug-likeness (QED) is 0.910. The average molecular weight is 332 g/mol. The van der Waals surface area contributed by atoms with Crippen molar-refractivity contribution >= 4 is 17.4 Å². The molecule has 7 nitrogen and oxygen atoms in total. The molecule has 0 aromatic carbocycles. The number of ether oxygens (including phenoxy) is 1. The summed E-state index contributed by atoms with van der Waals surface area (Å²) in [5.41, 5.74) is 1.09. The lowest BCUT2D eigenvalue weighted by Crippen LogP contribution is -2.44. The van der Waals surface area contributed by atoms with Crippen LogP contribution >= 0.6 is 11.5 Å². The molecule has 0 aliphatic carbocycles. The van der Waals surface area contributed by atoms with Gasteiger partial charge in [0, 0.05) is 37.4 Å². The van der Waals surface area contributed by atoms with Gasteiger partial charge in [0.1, 0.15) is 5.82 Å². The Balaban J connectivity index is 1.29. The average Bonchev–Trinajstić information content (AvgIpc) is 3.22. The molecule has 0 radical (unpaired) electrons. The molecular weight excluding hydrogens is 312 g/mol. The van der Waals surface area contributed by atoms with E-state index < -0.39 is 0 Å². The fourth-order valence-electron chi connectivity index (χ4n) is 3.47. The smallest absolute Gasteiger partial charge is 0.144 e. The summed E-state index contributed by atoms with van der Waals surface area (Å²) in [7, 11) is 0. The molecule has 2 aromatic rings. The van der Waals surface area contributed by atoms with Crippen molar-refractivity contribution in [2.75, 3.05) is 25.0 Å². The number of piperidine rings is 1. The largest absolute Gasteiger partial charge is 0.373 e. The van der Waals surface area contributed by atoms with Crippen LogP contribution in [0.2, 0.25) is 0 Å². The van der Waals surface area contributed by atoms with Gasteiger partial charge in [0.25, 0.3) is 0 Å². The Labute approximate surface area is 139 Å². The van der Waals surface area contributed by atoms with Crippen molar-refractivity contribution < 1.29 is 4.74 Å². The fraction of sp³-hybridized carbons (Fsp3) is 0.600. The maximum Gasteiger partial charge on any atom is 0.144 e. The molecule has 2 aliphatic heterocycles. The second-order valence-electron chi connectivity index (χ2n) is 6.30. The van der Waals surface area contributed by atoms with Crippen LogP contribution in [0.4, 0.5) is 5.82 Å². The normalized spacial score (nSPS) is 24.1. The molecule has 122 valence electrons. The van der Waals surface area contributed by atoms with Gasteiger partial charge in [0.2, 0.25) is 0 Å². The number of hydrogen-bond donors (Lipinski definition) is 1. The highest BCUT2D eigenvalue weighted by molar-refractivity contribution is 7.03. The van der Waals surface area contributed by atoms with Gasteiger partial charge in [-0.05, 0) is 30.8 Å². The summed E-state index contributed by atoms with van der Waals surface area (Å²) in [5.74, 6) is 0.826. The second kappa shape index (κ2) is 6.46. The molecule has 23 heavy (non-hydrogen) atoms. The maximum absolute atomic E-state index is 6.19. The number of rotatable bonds is 4. The fourth-order valence-corrected chi connectivity index (χ4v) is 3.91. The van der Waals surface area contributed by atoms with Crippen LogP contribution in [0, 0.1) is 0 Å². The lowest BCUT2D eigenvalue weighted by Gasteiger charge is -2.38. The van der Waals surface area contributed by atoms with E-state index in [0.29, 0.717) is 6.04 Å². The van der Waals surface area contributed by atoms with E-state index in [0.717, 1.165) is 57.0 Å². The van der Waals surface area contributed by atoms with Crippen molar-refractivity contribution in [3.8, 4) is 0 Å². The Morgan fingerprint density at radius 1 is 1.35 bits per heavy atom. The molecule has 0 saturated carbocycles. The molecule has 8 heteroatoms. The van der Waals surface area contributed by atoms with Gasteiger partial charge in [0.05, 0.1) is 30.1 Å². The zero-order valence-corrected chi connectivity index (χ0v) is 13.7. The SMILES string of the molecule is c1cnc(N[C@H]2COC3(CCN(Cc4csnn4)CC3)C2)cn1. The Morgan fingerprint density at radius 2 is 2.26 bits per heavy atom. The molecule has 2 aliphatic rings. The van der Waals surface area contributed by atoms with Crippen molar-refractivity contribution in [2.45, 2.75) is 37.5 Å². The highest BCUT2D eigenvalue weighted by Gasteiger charge is 2.42. The Bertz CT molecular complexity index is 614. The summed E-state index contributed by atoms with van der Waals surface area (Å²) < 4.78 is 10.1. The van der Waals surface area contributed by atoms with Crippen LogP contribution in [0.5, 0.6) is 0 Å². The van der Waals surface area contributed by atoms with Gasteiger partial charge in [-0.25, -0.2) is 4.98 Å². The minimum absolute atomic E-state index is 0.0245. The molecule has 0 bridgehead atoms. The van der Waals surface area contributed by atoms with E-state index >= 15 is 0 Å². The van der Waals surface area contributed by atoms with Crippen molar-refractivity contribution in [3.05, 3.63) is 29.7 Å². The molecule has 2 aromatic heterocycles. The lowest BCUT2D eigenvalue weighted by molar-refractivity contribution is -0.0449. The minimum atomic E-state index is 0.0245. The van der Waals surface area contributed by atoms with Gasteiger partial charge in [-0.2, -0.15) is 0 Å². The maximum atomic E-state index is 6.19. The first-order chi connectivity index (χ1) is 11.3. The molecule has 2 saturated heterocycles. The van der Waals surface area contributed by atoms with Gasteiger partial charge in [-0.15, -0.1) is 5.10 Å². The van der Waals surface area contributed by atoms with Crippen molar-refractivity contribution in [3.63, 3.8) is 0 Å². The summed E-state index contributed by atoms with van der Waals surface area (Å²) in [6.45, 7) is 3.74. The zero-order valence-electron chi connectivity index (χ0n) is 12.9. The number of likely N-dealkylation sites (tertiary alicyclic amines) is 1. The molecule has 0 unspecified atom stereocenters. The Morgan fingerprint density at radius 3 is 3.00 bits per heavy atom. The predicted molar refractivity (Wildman–Crippen MR) is 87.2 cm³/mol. The number of anilines is 1. The van der Waals surface area contributed by atoms with Gasteiger partial charge < -0.3 is 10.1 Å². The summed E-state index contributed by atoms with van der Waals surface area (Å²) in [4.78, 5) is 10.8. The molecule has 0 amide bonds.